The summed E-state index contributed by atoms with van der Waals surface area (Å²) >= 11 is 0. The summed E-state index contributed by atoms with van der Waals surface area (Å²) in [6.45, 7) is 1.98. The van der Waals surface area contributed by atoms with Crippen molar-refractivity contribution in [1.82, 2.24) is 10.3 Å². The fraction of sp³-hybridized carbons (Fsp3) is 0.316. The van der Waals surface area contributed by atoms with Crippen LogP contribution in [0, 0.1) is 6.92 Å². The van der Waals surface area contributed by atoms with Gasteiger partial charge in [-0.3, -0.25) is 4.79 Å². The summed E-state index contributed by atoms with van der Waals surface area (Å²) in [5.41, 5.74) is -2.84. The average molecular weight is 411 g/mol. The van der Waals surface area contributed by atoms with E-state index >= 15 is 0 Å². The van der Waals surface area contributed by atoms with Gasteiger partial charge in [0.1, 0.15) is 11.6 Å². The summed E-state index contributed by atoms with van der Waals surface area (Å²) in [5.74, 6) is -2.89. The zero-order chi connectivity index (χ0) is 21.5. The second kappa shape index (κ2) is 9.26. The number of rotatable bonds is 8. The first-order valence-electron chi connectivity index (χ1n) is 8.61. The Bertz CT molecular complexity index is 829. The highest BCUT2D eigenvalue weighted by molar-refractivity contribution is 5.91. The lowest BCUT2D eigenvalue weighted by Gasteiger charge is -2.34. The summed E-state index contributed by atoms with van der Waals surface area (Å²) in [7, 11) is 0. The molecule has 0 radical (unpaired) electrons. The van der Waals surface area contributed by atoms with Crippen LogP contribution in [0.4, 0.5) is 19.0 Å². The molecule has 1 aromatic carbocycles. The lowest BCUT2D eigenvalue weighted by Crippen LogP contribution is -2.70. The van der Waals surface area contributed by atoms with E-state index in [0.717, 1.165) is 0 Å². The second-order valence-corrected chi connectivity index (χ2v) is 5.96. The van der Waals surface area contributed by atoms with Crippen molar-refractivity contribution in [2.24, 2.45) is 0 Å². The molecule has 0 saturated carbocycles. The third-order valence-electron chi connectivity index (χ3n) is 3.67. The zero-order valence-corrected chi connectivity index (χ0v) is 15.7. The second-order valence-electron chi connectivity index (χ2n) is 5.96. The lowest BCUT2D eigenvalue weighted by atomic mass is 10.1. The highest BCUT2D eigenvalue weighted by Crippen LogP contribution is 2.32. The van der Waals surface area contributed by atoms with E-state index in [0.29, 0.717) is 5.56 Å². The molecular weight excluding hydrogens is 391 g/mol. The van der Waals surface area contributed by atoms with Gasteiger partial charge < -0.3 is 20.1 Å². The van der Waals surface area contributed by atoms with Gasteiger partial charge in [0.2, 0.25) is 0 Å². The topological polar surface area (TPSA) is 89.5 Å². The Morgan fingerprint density at radius 2 is 1.79 bits per heavy atom. The monoisotopic (exact) mass is 411 g/mol. The standard InChI is InChI=1S/C19H20F3N3O4/c1-3-28-17(27)18(19(20,21)22,24-15-10-9-13(2)11-23-15)25-16(26)12-29-14-7-5-4-6-8-14/h4-11H,3,12H2,1-2H3,(H,23,24)(H,25,26)/t18-/m1/s1. The van der Waals surface area contributed by atoms with Gasteiger partial charge in [0.05, 0.1) is 6.61 Å². The Labute approximate surface area is 165 Å². The number of nitrogens with zero attached hydrogens (tertiary/aromatic N) is 1. The number of pyridine rings is 1. The van der Waals surface area contributed by atoms with E-state index in [2.05, 4.69) is 9.72 Å². The lowest BCUT2D eigenvalue weighted by molar-refractivity contribution is -0.208. The number of aryl methyl sites for hydroxylation is 1. The van der Waals surface area contributed by atoms with Crippen molar-refractivity contribution in [2.75, 3.05) is 18.5 Å². The third-order valence-corrected chi connectivity index (χ3v) is 3.67. The van der Waals surface area contributed by atoms with Crippen LogP contribution >= 0.6 is 0 Å². The van der Waals surface area contributed by atoms with E-state index in [1.165, 1.54) is 37.4 Å². The normalized spacial score (nSPS) is 13.1. The molecule has 0 bridgehead atoms. The first-order valence-corrected chi connectivity index (χ1v) is 8.61. The van der Waals surface area contributed by atoms with E-state index in [4.69, 9.17) is 4.74 Å². The number of anilines is 1. The minimum Gasteiger partial charge on any atom is -0.484 e. The number of para-hydroxylation sites is 1. The van der Waals surface area contributed by atoms with Crippen LogP contribution in [0.15, 0.2) is 48.7 Å². The minimum absolute atomic E-state index is 0.273. The number of carbonyl (C=O) groups is 2. The number of carbonyl (C=O) groups excluding carboxylic acids is 2. The predicted molar refractivity (Wildman–Crippen MR) is 98.1 cm³/mol. The molecule has 29 heavy (non-hydrogen) atoms. The number of amides is 1. The number of nitrogens with one attached hydrogen (secondary N) is 2. The van der Waals surface area contributed by atoms with Gasteiger partial charge in [0.15, 0.2) is 6.61 Å². The number of alkyl halides is 3. The number of hydrogen-bond donors (Lipinski definition) is 2. The molecule has 156 valence electrons. The summed E-state index contributed by atoms with van der Waals surface area (Å²) in [4.78, 5) is 28.4. The van der Waals surface area contributed by atoms with Gasteiger partial charge in [-0.25, -0.2) is 9.78 Å². The summed E-state index contributed by atoms with van der Waals surface area (Å²) < 4.78 is 51.7. The molecule has 0 saturated heterocycles. The quantitative estimate of drug-likeness (QED) is 0.513. The molecule has 2 rings (SSSR count). The van der Waals surface area contributed by atoms with Gasteiger partial charge in [-0.2, -0.15) is 13.2 Å². The van der Waals surface area contributed by atoms with Crippen LogP contribution in [0.2, 0.25) is 0 Å². The van der Waals surface area contributed by atoms with Crippen molar-refractivity contribution in [3.05, 3.63) is 54.2 Å². The molecular formula is C19H20F3N3O4. The number of aromatic nitrogens is 1. The van der Waals surface area contributed by atoms with Crippen molar-refractivity contribution in [3.63, 3.8) is 0 Å². The number of esters is 1. The number of hydrogen-bond acceptors (Lipinski definition) is 6. The van der Waals surface area contributed by atoms with Crippen LogP contribution in [0.25, 0.3) is 0 Å². The van der Waals surface area contributed by atoms with Crippen LogP contribution in [0.1, 0.15) is 12.5 Å². The van der Waals surface area contributed by atoms with Gasteiger partial charge in [0.25, 0.3) is 5.91 Å². The van der Waals surface area contributed by atoms with E-state index in [9.17, 15) is 22.8 Å². The molecule has 10 heteroatoms. The van der Waals surface area contributed by atoms with Gasteiger partial charge >= 0.3 is 17.8 Å². The molecule has 1 atom stereocenters. The maximum Gasteiger partial charge on any atom is 0.441 e. The molecule has 0 aliphatic carbocycles. The van der Waals surface area contributed by atoms with Crippen molar-refractivity contribution in [3.8, 4) is 5.75 Å². The van der Waals surface area contributed by atoms with Crippen molar-refractivity contribution in [1.29, 1.82) is 0 Å². The first-order chi connectivity index (χ1) is 13.7. The summed E-state index contributed by atoms with van der Waals surface area (Å²) in [6.07, 6.45) is -3.93. The third kappa shape index (κ3) is 5.59. The van der Waals surface area contributed by atoms with E-state index in [1.807, 2.05) is 5.32 Å². The Balaban J connectivity index is 2.29. The summed E-state index contributed by atoms with van der Waals surface area (Å²) in [5, 5.41) is 3.65. The SMILES string of the molecule is CCOC(=O)[C@](NC(=O)COc1ccccc1)(Nc1ccc(C)cn1)C(F)(F)F. The zero-order valence-electron chi connectivity index (χ0n) is 15.7. The van der Waals surface area contributed by atoms with Crippen LogP contribution in [-0.4, -0.2) is 41.9 Å². The van der Waals surface area contributed by atoms with E-state index in [1.54, 1.807) is 30.4 Å². The molecule has 0 unspecified atom stereocenters. The molecule has 7 nitrogen and oxygen atoms in total. The van der Waals surface area contributed by atoms with Gasteiger partial charge in [0, 0.05) is 6.20 Å². The maximum absolute atomic E-state index is 14.0. The predicted octanol–water partition coefficient (Wildman–Crippen LogP) is 2.82. The molecule has 0 aliphatic rings. The Hall–Kier alpha value is -3.30. The smallest absolute Gasteiger partial charge is 0.441 e. The van der Waals surface area contributed by atoms with Crippen molar-refractivity contribution >= 4 is 17.7 Å². The highest BCUT2D eigenvalue weighted by Gasteiger charge is 2.63. The van der Waals surface area contributed by atoms with Crippen molar-refractivity contribution < 1.29 is 32.2 Å². The summed E-state index contributed by atoms with van der Waals surface area (Å²) in [6, 6.07) is 10.8. The maximum atomic E-state index is 14.0. The molecule has 0 aliphatic heterocycles. The van der Waals surface area contributed by atoms with E-state index in [-0.39, 0.29) is 18.2 Å². The molecule has 1 heterocycles. The van der Waals surface area contributed by atoms with Gasteiger partial charge in [-0.1, -0.05) is 24.3 Å². The molecule has 1 amide bonds. The first kappa shape index (κ1) is 22.0. The minimum atomic E-state index is -5.24. The highest BCUT2D eigenvalue weighted by atomic mass is 19.4. The Morgan fingerprint density at radius 3 is 2.34 bits per heavy atom. The van der Waals surface area contributed by atoms with Crippen LogP contribution in [-0.2, 0) is 14.3 Å². The Kier molecular flexibility index (Phi) is 7.03. The number of benzene rings is 1. The average Bonchev–Trinajstić information content (AvgIpc) is 2.67. The van der Waals surface area contributed by atoms with Gasteiger partial charge in [-0.05, 0) is 37.6 Å². The fourth-order valence-electron chi connectivity index (χ4n) is 2.27. The number of halogens is 3. The van der Waals surface area contributed by atoms with Crippen LogP contribution < -0.4 is 15.4 Å². The fourth-order valence-corrected chi connectivity index (χ4v) is 2.27. The molecule has 2 N–H and O–H groups in total. The van der Waals surface area contributed by atoms with Crippen molar-refractivity contribution in [2.45, 2.75) is 25.7 Å². The molecule has 2 aromatic rings. The van der Waals surface area contributed by atoms with Gasteiger partial charge in [-0.15, -0.1) is 0 Å². The molecule has 1 aromatic heterocycles. The molecule has 0 fully saturated rings. The Morgan fingerprint density at radius 1 is 1.10 bits per heavy atom. The number of ether oxygens (including phenoxy) is 2. The van der Waals surface area contributed by atoms with Crippen LogP contribution in [0.5, 0.6) is 5.75 Å². The largest absolute Gasteiger partial charge is 0.484 e. The molecule has 0 spiro atoms. The van der Waals surface area contributed by atoms with Crippen LogP contribution in [0.3, 0.4) is 0 Å². The van der Waals surface area contributed by atoms with E-state index < -0.39 is 30.3 Å².